The van der Waals surface area contributed by atoms with Crippen molar-refractivity contribution in [2.45, 2.75) is 190 Å². The predicted octanol–water partition coefficient (Wildman–Crippen LogP) is 18.9. The van der Waals surface area contributed by atoms with Crippen LogP contribution < -0.4 is 46.4 Å². The minimum absolute atomic E-state index is 0.00853. The third-order valence-electron chi connectivity index (χ3n) is 25.5. The fourth-order valence-corrected chi connectivity index (χ4v) is 19.1. The van der Waals surface area contributed by atoms with Crippen LogP contribution in [0.2, 0.25) is 15.3 Å². The summed E-state index contributed by atoms with van der Waals surface area (Å²) in [6.45, 7) is 17.6. The Hall–Kier alpha value is -13.9. The third kappa shape index (κ3) is 22.8. The summed E-state index contributed by atoms with van der Waals surface area (Å²) in [5, 5.41) is 29.1. The molecule has 6 fully saturated rings. The number of amides is 1. The molecule has 3 saturated heterocycles. The molecule has 38 nitrogen and oxygen atoms in total. The van der Waals surface area contributed by atoms with Crippen molar-refractivity contribution < 1.29 is 47.5 Å². The Labute approximate surface area is 842 Å². The first-order valence-electron chi connectivity index (χ1n) is 48.1. The number of nitrogens with two attached hydrogens (primary N) is 2. The molecule has 0 radical (unpaired) electrons. The topological polar surface area (TPSA) is 444 Å². The summed E-state index contributed by atoms with van der Waals surface area (Å²) in [5.74, 6) is 11.9. The summed E-state index contributed by atoms with van der Waals surface area (Å²) in [5.41, 5.74) is 27.9. The highest BCUT2D eigenvalue weighted by molar-refractivity contribution is 6.37. The van der Waals surface area contributed by atoms with Gasteiger partial charge in [-0.2, -0.15) is 20.4 Å². The summed E-state index contributed by atoms with van der Waals surface area (Å²) in [7, 11) is 14.0. The third-order valence-corrected chi connectivity index (χ3v) is 26.2. The van der Waals surface area contributed by atoms with E-state index in [0.717, 1.165) is 258 Å². The summed E-state index contributed by atoms with van der Waals surface area (Å²) < 4.78 is 53.7. The molecule has 7 N–H and O–H groups in total. The number of carbonyl (C=O) groups excluding carboxylic acids is 3. The average Bonchev–Trinajstić information content (AvgIpc) is 1.63. The molecule has 15 aromatic rings. The first-order valence-corrected chi connectivity index (χ1v) is 49.2. The highest BCUT2D eigenvalue weighted by atomic mass is 35.5. The average molecular weight is 2000 g/mol. The van der Waals surface area contributed by atoms with Gasteiger partial charge in [0.05, 0.1) is 113 Å². The maximum Gasteiger partial charge on any atom is 0.220 e. The van der Waals surface area contributed by atoms with Crippen LogP contribution in [0.1, 0.15) is 180 Å². The van der Waals surface area contributed by atoms with E-state index in [2.05, 4.69) is 75.8 Å². The SMILES string of the molecule is COc1c(N)cccc1-c1nc(C)nn1C.COc1c(Nc2cc(CC(=O)C3CC3)nc3c2N=C(C)C3)cccc1-c1nc(C)nn1C.COc1c(Nc2cc(CC(=O)C3CC3)nc3c2nc(C)n3C2CCCCO2)cccc1-c1nc(C)nn1C.COc1c(Nc2cc(Cl)nc3c2nc(C)n3C2CCCCO2)cccc1-c1nc(C)nn1C.Cc1nc2c(Cl)cc(Cl)nc2n1C1CCCCO1.NC(=O)C1CC1. The van der Waals surface area contributed by atoms with E-state index >= 15 is 0 Å². The van der Waals surface area contributed by atoms with Crippen LogP contribution in [0.3, 0.4) is 0 Å². The van der Waals surface area contributed by atoms with Crippen molar-refractivity contribution in [3.05, 3.63) is 170 Å². The number of nitrogen functional groups attached to an aromatic ring is 1. The van der Waals surface area contributed by atoms with Crippen LogP contribution in [0.4, 0.5) is 45.5 Å². The van der Waals surface area contributed by atoms with E-state index in [1.807, 2.05) is 172 Å². The van der Waals surface area contributed by atoms with E-state index in [1.54, 1.807) is 65.4 Å². The molecule has 15 heterocycles. The number of nitrogens with zero attached hydrogens (tertiary/aromatic N) is 23. The zero-order valence-electron chi connectivity index (χ0n) is 83.2. The number of aliphatic imine (C=N–C) groups is 1. The lowest BCUT2D eigenvalue weighted by atomic mass is 10.1. The Balaban J connectivity index is 0.000000124. The number of fused-ring (bicyclic) bond motifs is 4. The maximum atomic E-state index is 12.8. The van der Waals surface area contributed by atoms with E-state index in [0.29, 0.717) is 103 Å². The summed E-state index contributed by atoms with van der Waals surface area (Å²) in [6.07, 6.45) is 16.6. The fraction of sp³-hybridized carbons (Fsp3) is 0.422. The van der Waals surface area contributed by atoms with Gasteiger partial charge in [0, 0.05) is 96.8 Å². The number of aryl methyl sites for hydroxylation is 11. The number of hydrogen-bond donors (Lipinski definition) is 5. The van der Waals surface area contributed by atoms with Crippen molar-refractivity contribution in [3.8, 4) is 68.5 Å². The van der Waals surface area contributed by atoms with Crippen LogP contribution in [0.25, 0.3) is 79.0 Å². The Morgan fingerprint density at radius 2 is 0.748 bits per heavy atom. The molecule has 3 unspecified atom stereocenters. The Morgan fingerprint density at radius 3 is 1.11 bits per heavy atom. The number of primary amides is 1. The van der Waals surface area contributed by atoms with Gasteiger partial charge in [0.25, 0.3) is 0 Å². The van der Waals surface area contributed by atoms with Gasteiger partial charge in [0.1, 0.15) is 104 Å². The number of hydrogen-bond acceptors (Lipinski definition) is 30. The van der Waals surface area contributed by atoms with E-state index in [9.17, 15) is 14.4 Å². The highest BCUT2D eigenvalue weighted by Crippen LogP contribution is 2.47. The smallest absolute Gasteiger partial charge is 0.220 e. The number of imidazole rings is 3. The Kier molecular flexibility index (Phi) is 30.9. The lowest BCUT2D eigenvalue weighted by Crippen LogP contribution is -2.19. The molecule has 41 heteroatoms. The number of pyridine rings is 4. The molecule has 0 spiro atoms. The molecule has 3 atom stereocenters. The van der Waals surface area contributed by atoms with Crippen LogP contribution in [0, 0.1) is 66.2 Å². The van der Waals surface area contributed by atoms with Gasteiger partial charge in [-0.05, 0) is 218 Å². The van der Waals surface area contributed by atoms with E-state index in [4.69, 9.17) is 104 Å². The van der Waals surface area contributed by atoms with Crippen LogP contribution >= 0.6 is 34.8 Å². The van der Waals surface area contributed by atoms with E-state index in [-0.39, 0.29) is 53.9 Å². The molecule has 22 rings (SSSR count). The summed E-state index contributed by atoms with van der Waals surface area (Å²) >= 11 is 18.6. The highest BCUT2D eigenvalue weighted by Gasteiger charge is 2.35. The number of rotatable bonds is 24. The quantitative estimate of drug-likeness (QED) is 0.0277. The molecule has 748 valence electrons. The number of Topliss-reactive ketones (excluding diaryl/α,β-unsaturated/α-hetero) is 2. The lowest BCUT2D eigenvalue weighted by molar-refractivity contribution is -0.120. The number of ketones is 2. The second kappa shape index (κ2) is 43.9. The van der Waals surface area contributed by atoms with Gasteiger partial charge in [0.15, 0.2) is 63.2 Å². The van der Waals surface area contributed by atoms with Gasteiger partial charge in [-0.1, -0.05) is 59.1 Å². The van der Waals surface area contributed by atoms with Crippen LogP contribution in [0.5, 0.6) is 23.0 Å². The second-order valence-corrected chi connectivity index (χ2v) is 37.7. The minimum Gasteiger partial charge on any atom is -0.494 e. The van der Waals surface area contributed by atoms with Gasteiger partial charge < -0.3 is 60.6 Å². The molecule has 7 aliphatic rings. The molecule has 4 aromatic carbocycles. The van der Waals surface area contributed by atoms with Gasteiger partial charge in [-0.25, -0.2) is 68.6 Å². The first kappa shape index (κ1) is 101. The lowest BCUT2D eigenvalue weighted by Gasteiger charge is -2.25. The molecular formula is C102H119Cl3N28O10. The number of nitrogens with one attached hydrogen (secondary N) is 3. The molecule has 11 aromatic heterocycles. The Morgan fingerprint density at radius 1 is 0.399 bits per heavy atom. The first-order chi connectivity index (χ1) is 68.9. The van der Waals surface area contributed by atoms with Crippen molar-refractivity contribution in [3.63, 3.8) is 0 Å². The number of halogens is 3. The van der Waals surface area contributed by atoms with Crippen molar-refractivity contribution in [1.29, 1.82) is 0 Å². The van der Waals surface area contributed by atoms with Crippen molar-refractivity contribution in [2.75, 3.05) is 69.9 Å². The largest absolute Gasteiger partial charge is 0.494 e. The molecule has 4 aliphatic heterocycles. The van der Waals surface area contributed by atoms with Crippen LogP contribution in [-0.4, -0.2) is 179 Å². The molecule has 3 saturated carbocycles. The number of carbonyl (C=O) groups is 3. The molecule has 1 amide bonds. The van der Waals surface area contributed by atoms with Crippen molar-refractivity contribution in [2.24, 2.45) is 56.7 Å². The number of methoxy groups -OCH3 is 4. The van der Waals surface area contributed by atoms with Gasteiger partial charge >= 0.3 is 0 Å². The standard InChI is InChI=1S/C28H33N7O3.C24H26N6O2.C23H26ClN7O2.C12H13Cl2N3O.C11H14N4O.C4H7NO/c1-16-29-27(34(3)33-16)20-8-7-9-21(26(20)37-4)32-22-14-19(15-23(36)18-11-12-18)31-28-25(22)30-17(2)35(28)24-10-5-6-13-38-24;1-13-10-19-22(25-13)20(11-16(27-19)12-21(31)15-8-9-15)28-18-7-5-6-17(23(18)32-4)24-26-14(2)29-30(24)3;1-13-25-22(30(3)29-13)15-8-7-9-16(21(15)32-4)27-17-12-18(24)28-23-20(17)26-14(2)31(23)19-10-5-6-11-33-19;1-7-15-11-8(13)6-9(14)16-12(11)17(7)10-4-2-3-5-18-10;1-7-13-11(15(2)14-7)8-5-4-6-9(12)10(8)16-3;5-4(6)3-1-2-3/h7-9,14,18,24H,5-6,10-13,15H2,1-4H3,(H,31,32);5-7,11,15H,8-10,12H2,1-4H3,(H,27,28);7-9,12,19H,5-6,10-11H2,1-4H3,(H,27,28);6,10H,2-5H2,1H3;4-6H,12H2,1-3H3;3H,1-2H2,(H2,5,6). The number of anilines is 7. The molecule has 3 aliphatic carbocycles. The minimum atomic E-state index is -0.130. The van der Waals surface area contributed by atoms with Crippen molar-refractivity contribution >= 4 is 137 Å². The number of benzene rings is 4. The van der Waals surface area contributed by atoms with Gasteiger partial charge in [-0.3, -0.25) is 38.1 Å². The fourth-order valence-electron chi connectivity index (χ4n) is 18.4. The van der Waals surface area contributed by atoms with Crippen LogP contribution in [0.15, 0.2) is 102 Å². The van der Waals surface area contributed by atoms with Gasteiger partial charge in [-0.15, -0.1) is 0 Å². The molecular weight excluding hydrogens is 1880 g/mol. The summed E-state index contributed by atoms with van der Waals surface area (Å²) in [6, 6.07) is 30.5. The summed E-state index contributed by atoms with van der Waals surface area (Å²) in [4.78, 5) is 90.7. The Bertz CT molecular complexity index is 7290. The number of ether oxygens (including phenoxy) is 7. The van der Waals surface area contributed by atoms with Crippen molar-refractivity contribution in [1.82, 2.24) is 108 Å². The maximum absolute atomic E-state index is 12.8. The molecule has 0 bridgehead atoms. The van der Waals surface area contributed by atoms with E-state index in [1.165, 1.54) is 0 Å². The van der Waals surface area contributed by atoms with Crippen LogP contribution in [-0.2, 0) is 76.0 Å². The second-order valence-electron chi connectivity index (χ2n) is 36.5. The predicted molar refractivity (Wildman–Crippen MR) is 549 cm³/mol. The van der Waals surface area contributed by atoms with E-state index < -0.39 is 0 Å². The normalized spacial score (nSPS) is 16.4. The monoisotopic (exact) mass is 2000 g/mol. The van der Waals surface area contributed by atoms with Gasteiger partial charge in [0.2, 0.25) is 5.91 Å². The number of aromatic nitrogens is 22. The zero-order valence-corrected chi connectivity index (χ0v) is 85.5. The zero-order chi connectivity index (χ0) is 101. The molecule has 143 heavy (non-hydrogen) atoms. The number of para-hydroxylation sites is 4.